The summed E-state index contributed by atoms with van der Waals surface area (Å²) in [5, 5.41) is 0. The van der Waals surface area contributed by atoms with Crippen molar-refractivity contribution in [2.45, 2.75) is 37.8 Å². The Labute approximate surface area is 79.0 Å². The molecule has 1 aliphatic heterocycles. The third-order valence-corrected chi connectivity index (χ3v) is 3.28. The van der Waals surface area contributed by atoms with Crippen molar-refractivity contribution in [1.29, 1.82) is 0 Å². The van der Waals surface area contributed by atoms with Gasteiger partial charge in [0.15, 0.2) is 0 Å². The molecule has 0 aromatic carbocycles. The largest absolute Gasteiger partial charge is 0.376 e. The minimum atomic E-state index is 0.00285. The lowest BCUT2D eigenvalue weighted by Gasteiger charge is -2.49. The molecule has 3 nitrogen and oxygen atoms in total. The van der Waals surface area contributed by atoms with Gasteiger partial charge in [0.05, 0.1) is 11.6 Å². The molecule has 0 amide bonds. The lowest BCUT2D eigenvalue weighted by atomic mass is 9.93. The number of nitrogens with zero attached hydrogens (tertiary/aromatic N) is 1. The average Bonchev–Trinajstić information content (AvgIpc) is 2.46. The predicted octanol–water partition coefficient (Wildman–Crippen LogP) is 0.829. The van der Waals surface area contributed by atoms with Gasteiger partial charge in [-0.1, -0.05) is 0 Å². The molecule has 1 aliphatic carbocycles. The van der Waals surface area contributed by atoms with E-state index in [9.17, 15) is 4.79 Å². The van der Waals surface area contributed by atoms with Crippen LogP contribution in [0.4, 0.5) is 0 Å². The van der Waals surface area contributed by atoms with Crippen LogP contribution in [0, 0.1) is 0 Å². The van der Waals surface area contributed by atoms with E-state index in [-0.39, 0.29) is 11.6 Å². The summed E-state index contributed by atoms with van der Waals surface area (Å²) in [6, 6.07) is 0.211. The molecule has 0 radical (unpaired) electrons. The fourth-order valence-corrected chi connectivity index (χ4v) is 2.35. The molecule has 1 saturated heterocycles. The van der Waals surface area contributed by atoms with Crippen LogP contribution < -0.4 is 0 Å². The first-order valence-corrected chi connectivity index (χ1v) is 4.96. The summed E-state index contributed by atoms with van der Waals surface area (Å²) in [5.74, 6) is 0.429. The highest BCUT2D eigenvalue weighted by Gasteiger charge is 2.45. The van der Waals surface area contributed by atoms with Crippen LogP contribution in [0.15, 0.2) is 0 Å². The van der Waals surface area contributed by atoms with Crippen LogP contribution >= 0.6 is 0 Å². The van der Waals surface area contributed by atoms with Crippen molar-refractivity contribution in [3.63, 3.8) is 0 Å². The highest BCUT2D eigenvalue weighted by atomic mass is 16.5. The van der Waals surface area contributed by atoms with Crippen molar-refractivity contribution in [2.75, 3.05) is 20.2 Å². The van der Waals surface area contributed by atoms with Crippen molar-refractivity contribution < 1.29 is 9.53 Å². The normalized spacial score (nSPS) is 33.4. The molecular formula is C10H17NO2. The van der Waals surface area contributed by atoms with Gasteiger partial charge >= 0.3 is 0 Å². The number of carbonyl (C=O) groups excluding carboxylic acids is 1. The minimum Gasteiger partial charge on any atom is -0.376 e. The number of hydrogen-bond acceptors (Lipinski definition) is 3. The number of carbonyl (C=O) groups is 1. The summed E-state index contributed by atoms with van der Waals surface area (Å²) in [4.78, 5) is 13.7. The second-order valence-electron chi connectivity index (χ2n) is 4.43. The van der Waals surface area contributed by atoms with E-state index in [1.54, 1.807) is 7.11 Å². The molecule has 0 bridgehead atoms. The summed E-state index contributed by atoms with van der Waals surface area (Å²) < 4.78 is 5.35. The van der Waals surface area contributed by atoms with Crippen molar-refractivity contribution in [3.05, 3.63) is 0 Å². The summed E-state index contributed by atoms with van der Waals surface area (Å²) in [7, 11) is 1.74. The molecule has 1 saturated carbocycles. The van der Waals surface area contributed by atoms with E-state index < -0.39 is 0 Å². The number of rotatable bonds is 2. The number of Topliss-reactive ketones (excluding diaryl/α,β-unsaturated/α-hetero) is 1. The Hall–Kier alpha value is -0.410. The molecule has 74 valence electrons. The van der Waals surface area contributed by atoms with E-state index in [2.05, 4.69) is 11.8 Å². The molecular weight excluding hydrogens is 166 g/mol. The van der Waals surface area contributed by atoms with Gasteiger partial charge < -0.3 is 4.74 Å². The fourth-order valence-electron chi connectivity index (χ4n) is 2.35. The van der Waals surface area contributed by atoms with Gasteiger partial charge in [-0.15, -0.1) is 0 Å². The Morgan fingerprint density at radius 2 is 2.23 bits per heavy atom. The molecule has 2 aliphatic rings. The number of ether oxygens (including phenoxy) is 1. The fraction of sp³-hybridized carbons (Fsp3) is 0.900. The van der Waals surface area contributed by atoms with E-state index in [1.165, 1.54) is 0 Å². The van der Waals surface area contributed by atoms with Gasteiger partial charge in [-0.2, -0.15) is 0 Å². The number of ketones is 1. The quantitative estimate of drug-likeness (QED) is 0.635. The molecule has 2 fully saturated rings. The van der Waals surface area contributed by atoms with Crippen LogP contribution in [0.1, 0.15) is 26.2 Å². The lowest BCUT2D eigenvalue weighted by Crippen LogP contribution is -2.64. The highest BCUT2D eigenvalue weighted by molar-refractivity contribution is 5.86. The molecule has 1 heterocycles. The summed E-state index contributed by atoms with van der Waals surface area (Å²) in [6.07, 6.45) is 2.91. The third kappa shape index (κ3) is 1.51. The summed E-state index contributed by atoms with van der Waals surface area (Å²) >= 11 is 0. The second kappa shape index (κ2) is 3.07. The first-order valence-electron chi connectivity index (χ1n) is 4.96. The van der Waals surface area contributed by atoms with Crippen LogP contribution in [0.3, 0.4) is 0 Å². The third-order valence-electron chi connectivity index (χ3n) is 3.28. The SMILES string of the molecule is COC1(C)CN(C2CCCC2=O)C1. The summed E-state index contributed by atoms with van der Waals surface area (Å²) in [5.41, 5.74) is 0.00285. The number of hydrogen-bond donors (Lipinski definition) is 0. The second-order valence-corrected chi connectivity index (χ2v) is 4.43. The van der Waals surface area contributed by atoms with Crippen molar-refractivity contribution >= 4 is 5.78 Å². The Balaban J connectivity index is 1.89. The van der Waals surface area contributed by atoms with E-state index in [1.807, 2.05) is 0 Å². The van der Waals surface area contributed by atoms with Gasteiger partial charge in [0, 0.05) is 26.6 Å². The van der Waals surface area contributed by atoms with Crippen LogP contribution in [-0.2, 0) is 9.53 Å². The first-order chi connectivity index (χ1) is 6.14. The molecule has 3 heteroatoms. The van der Waals surface area contributed by atoms with Gasteiger partial charge in [-0.25, -0.2) is 0 Å². The number of likely N-dealkylation sites (tertiary alicyclic amines) is 1. The molecule has 2 rings (SSSR count). The highest BCUT2D eigenvalue weighted by Crippen LogP contribution is 2.31. The Morgan fingerprint density at radius 3 is 2.69 bits per heavy atom. The molecule has 0 aromatic rings. The van der Waals surface area contributed by atoms with Crippen LogP contribution in [0.25, 0.3) is 0 Å². The molecule has 0 spiro atoms. The van der Waals surface area contributed by atoms with Gasteiger partial charge in [0.1, 0.15) is 5.78 Å². The lowest BCUT2D eigenvalue weighted by molar-refractivity contribution is -0.142. The van der Waals surface area contributed by atoms with Crippen molar-refractivity contribution in [2.24, 2.45) is 0 Å². The van der Waals surface area contributed by atoms with Gasteiger partial charge in [-0.05, 0) is 19.8 Å². The van der Waals surface area contributed by atoms with E-state index in [4.69, 9.17) is 4.74 Å². The molecule has 0 N–H and O–H groups in total. The first kappa shape index (κ1) is 9.16. The van der Waals surface area contributed by atoms with Crippen LogP contribution in [0.5, 0.6) is 0 Å². The van der Waals surface area contributed by atoms with Gasteiger partial charge in [0.2, 0.25) is 0 Å². The van der Waals surface area contributed by atoms with E-state index in [0.717, 1.165) is 32.4 Å². The standard InChI is InChI=1S/C10H17NO2/c1-10(13-2)6-11(7-10)8-4-3-5-9(8)12/h8H,3-7H2,1-2H3. The van der Waals surface area contributed by atoms with Crippen molar-refractivity contribution in [3.8, 4) is 0 Å². The Morgan fingerprint density at radius 1 is 1.54 bits per heavy atom. The molecule has 1 unspecified atom stereocenters. The number of methoxy groups -OCH3 is 1. The average molecular weight is 183 g/mol. The topological polar surface area (TPSA) is 29.5 Å². The zero-order valence-electron chi connectivity index (χ0n) is 8.38. The Kier molecular flexibility index (Phi) is 2.16. The molecule has 0 aromatic heterocycles. The van der Waals surface area contributed by atoms with Crippen molar-refractivity contribution in [1.82, 2.24) is 4.90 Å². The minimum absolute atomic E-state index is 0.00285. The summed E-state index contributed by atoms with van der Waals surface area (Å²) in [6.45, 7) is 3.93. The maximum Gasteiger partial charge on any atom is 0.149 e. The maximum absolute atomic E-state index is 11.4. The molecule has 1 atom stereocenters. The monoisotopic (exact) mass is 183 g/mol. The smallest absolute Gasteiger partial charge is 0.149 e. The van der Waals surface area contributed by atoms with E-state index >= 15 is 0 Å². The van der Waals surface area contributed by atoms with Gasteiger partial charge in [0.25, 0.3) is 0 Å². The van der Waals surface area contributed by atoms with Gasteiger partial charge in [-0.3, -0.25) is 9.69 Å². The predicted molar refractivity (Wildman–Crippen MR) is 49.6 cm³/mol. The zero-order valence-corrected chi connectivity index (χ0v) is 8.38. The maximum atomic E-state index is 11.4. The van der Waals surface area contributed by atoms with Crippen LogP contribution in [-0.4, -0.2) is 42.5 Å². The van der Waals surface area contributed by atoms with E-state index in [0.29, 0.717) is 5.78 Å². The van der Waals surface area contributed by atoms with Crippen LogP contribution in [0.2, 0.25) is 0 Å². The Bertz CT molecular complexity index is 221. The molecule has 13 heavy (non-hydrogen) atoms. The zero-order chi connectivity index (χ0) is 9.47.